The van der Waals surface area contributed by atoms with Gasteiger partial charge in [-0.1, -0.05) is 6.07 Å². The number of likely N-dealkylation sites (tertiary alicyclic amines) is 1. The number of carbonyl (C=O) groups excluding carboxylic acids is 1. The van der Waals surface area contributed by atoms with Gasteiger partial charge in [-0.05, 0) is 49.1 Å². The van der Waals surface area contributed by atoms with Crippen LogP contribution in [0.2, 0.25) is 0 Å². The Kier molecular flexibility index (Phi) is 6.45. The van der Waals surface area contributed by atoms with Crippen LogP contribution in [0.5, 0.6) is 0 Å². The third-order valence-corrected chi connectivity index (χ3v) is 7.07. The molecule has 38 heavy (non-hydrogen) atoms. The second-order valence-electron chi connectivity index (χ2n) is 9.41. The van der Waals surface area contributed by atoms with Crippen molar-refractivity contribution in [3.63, 3.8) is 0 Å². The van der Waals surface area contributed by atoms with Crippen molar-refractivity contribution in [2.24, 2.45) is 10.9 Å². The van der Waals surface area contributed by atoms with E-state index < -0.39 is 36.6 Å². The molecule has 0 bridgehead atoms. The van der Waals surface area contributed by atoms with E-state index in [1.165, 1.54) is 0 Å². The van der Waals surface area contributed by atoms with E-state index in [0.717, 1.165) is 38.8 Å². The van der Waals surface area contributed by atoms with Crippen molar-refractivity contribution in [1.29, 1.82) is 0 Å². The normalized spacial score (nSPS) is 20.8. The Morgan fingerprint density at radius 1 is 1.21 bits per heavy atom. The zero-order valence-corrected chi connectivity index (χ0v) is 20.7. The summed E-state index contributed by atoms with van der Waals surface area (Å²) in [4.78, 5) is 41.1. The number of amidine groups is 1. The molecule has 4 heterocycles. The minimum Gasteiger partial charge on any atom is -0.465 e. The fraction of sp³-hybridized carbons (Fsp3) is 0.400. The molecule has 1 aromatic heterocycles. The molecule has 1 fully saturated rings. The summed E-state index contributed by atoms with van der Waals surface area (Å²) < 4.78 is 40.1. The lowest BCUT2D eigenvalue weighted by Gasteiger charge is -2.37. The summed E-state index contributed by atoms with van der Waals surface area (Å²) >= 11 is 0. The third-order valence-electron chi connectivity index (χ3n) is 7.07. The summed E-state index contributed by atoms with van der Waals surface area (Å²) in [6.45, 7) is 2.75. The molecule has 0 saturated carbocycles. The van der Waals surface area contributed by atoms with Crippen LogP contribution < -0.4 is 15.5 Å². The van der Waals surface area contributed by atoms with E-state index in [2.05, 4.69) is 25.6 Å². The van der Waals surface area contributed by atoms with Gasteiger partial charge < -0.3 is 20.6 Å². The molecule has 0 radical (unpaired) electrons. The lowest BCUT2D eigenvalue weighted by Crippen LogP contribution is -2.53. The number of aromatic nitrogens is 2. The molecule has 2 atom stereocenters. The quantitative estimate of drug-likeness (QED) is 0.550. The van der Waals surface area contributed by atoms with Crippen molar-refractivity contribution in [3.8, 4) is 0 Å². The minimum atomic E-state index is -4.50. The number of fused-ring (bicyclic) bond motifs is 3. The van der Waals surface area contributed by atoms with Crippen LogP contribution in [0.3, 0.4) is 0 Å². The number of carboxylic acid groups (broad SMARTS) is 1. The molecule has 200 valence electrons. The molecular formula is C25H26F3N7O3. The summed E-state index contributed by atoms with van der Waals surface area (Å²) in [5.74, 6) is -0.601. The van der Waals surface area contributed by atoms with E-state index in [1.807, 2.05) is 17.9 Å². The predicted molar refractivity (Wildman–Crippen MR) is 136 cm³/mol. The highest BCUT2D eigenvalue weighted by molar-refractivity contribution is 6.36. The average molecular weight is 530 g/mol. The molecule has 3 aliphatic heterocycles. The van der Waals surface area contributed by atoms with E-state index in [4.69, 9.17) is 0 Å². The van der Waals surface area contributed by atoms with Gasteiger partial charge in [-0.15, -0.1) is 0 Å². The van der Waals surface area contributed by atoms with Gasteiger partial charge in [0, 0.05) is 43.2 Å². The monoisotopic (exact) mass is 529 g/mol. The topological polar surface area (TPSA) is 123 Å². The number of rotatable bonds is 4. The molecule has 1 saturated heterocycles. The number of nitrogens with zero attached hydrogens (tertiary/aromatic N) is 5. The Balaban J connectivity index is 1.45. The summed E-state index contributed by atoms with van der Waals surface area (Å²) in [5.41, 5.74) is 3.59. The van der Waals surface area contributed by atoms with Gasteiger partial charge in [0.05, 0.1) is 12.5 Å². The largest absolute Gasteiger partial charge is 0.465 e. The lowest BCUT2D eigenvalue weighted by atomic mass is 9.90. The highest BCUT2D eigenvalue weighted by atomic mass is 19.4. The Morgan fingerprint density at radius 2 is 2.00 bits per heavy atom. The summed E-state index contributed by atoms with van der Waals surface area (Å²) in [7, 11) is 1.74. The fourth-order valence-corrected chi connectivity index (χ4v) is 5.08. The number of aryl methyl sites for hydroxylation is 1. The number of benzene rings is 1. The Hall–Kier alpha value is -4.16. The van der Waals surface area contributed by atoms with E-state index in [-0.39, 0.29) is 13.0 Å². The average Bonchev–Trinajstić information content (AvgIpc) is 3.38. The van der Waals surface area contributed by atoms with Crippen LogP contribution in [-0.4, -0.2) is 76.7 Å². The van der Waals surface area contributed by atoms with Crippen LogP contribution in [-0.2, 0) is 4.79 Å². The maximum absolute atomic E-state index is 13.4. The molecule has 0 aliphatic carbocycles. The van der Waals surface area contributed by atoms with Crippen molar-refractivity contribution >= 4 is 46.9 Å². The third kappa shape index (κ3) is 4.63. The zero-order valence-electron chi connectivity index (χ0n) is 20.7. The highest BCUT2D eigenvalue weighted by Gasteiger charge is 2.47. The van der Waals surface area contributed by atoms with Crippen LogP contribution in [0.15, 0.2) is 29.4 Å². The lowest BCUT2D eigenvalue weighted by molar-refractivity contribution is -0.188. The molecule has 1 aromatic carbocycles. The minimum absolute atomic E-state index is 0.341. The number of alkyl halides is 3. The Labute approximate surface area is 216 Å². The molecule has 3 aliphatic rings. The van der Waals surface area contributed by atoms with Gasteiger partial charge in [-0.25, -0.2) is 9.78 Å². The predicted octanol–water partition coefficient (Wildman–Crippen LogP) is 3.86. The number of halogens is 3. The highest BCUT2D eigenvalue weighted by Crippen LogP contribution is 2.38. The van der Waals surface area contributed by atoms with Gasteiger partial charge in [0.2, 0.25) is 11.9 Å². The molecular weight excluding hydrogens is 503 g/mol. The molecule has 2 amide bonds. The standard InChI is InChI=1S/C25H26F3N7O3/c1-13-3-4-16(32-22(36)19-10-15(25(26,27)28)5-7-34(19)24(37)38)11-17(13)18-9-14-12-31-23(29-2)33-20(14)35-8-6-30-21(18)35/h3-4,9,11-12,15,19H,5-8,10H2,1-2H3,(H,32,36)(H,37,38)(H,29,31,33). The van der Waals surface area contributed by atoms with Crippen molar-refractivity contribution in [2.75, 3.05) is 42.2 Å². The number of anilines is 3. The van der Waals surface area contributed by atoms with E-state index in [9.17, 15) is 27.9 Å². The van der Waals surface area contributed by atoms with Gasteiger partial charge in [0.1, 0.15) is 17.7 Å². The van der Waals surface area contributed by atoms with Gasteiger partial charge in [0.15, 0.2) is 0 Å². The summed E-state index contributed by atoms with van der Waals surface area (Å²) in [5, 5.41) is 15.1. The van der Waals surface area contributed by atoms with Crippen molar-refractivity contribution in [1.82, 2.24) is 14.9 Å². The van der Waals surface area contributed by atoms with Gasteiger partial charge in [0.25, 0.3) is 0 Å². The van der Waals surface area contributed by atoms with Crippen LogP contribution in [0.1, 0.15) is 29.5 Å². The van der Waals surface area contributed by atoms with Crippen LogP contribution in [0, 0.1) is 12.8 Å². The van der Waals surface area contributed by atoms with Gasteiger partial charge in [-0.2, -0.15) is 18.2 Å². The summed E-state index contributed by atoms with van der Waals surface area (Å²) in [6, 6.07) is 3.70. The molecule has 3 N–H and O–H groups in total. The zero-order chi connectivity index (χ0) is 27.2. The van der Waals surface area contributed by atoms with Crippen LogP contribution >= 0.6 is 0 Å². The SMILES string of the molecule is CNc1ncc2c(n1)N1CCN=C1C(c1cc(NC(=O)C3CC(C(F)(F)F)CCN3C(=O)O)ccc1C)=C2. The van der Waals surface area contributed by atoms with Crippen molar-refractivity contribution < 1.29 is 27.9 Å². The fourth-order valence-electron chi connectivity index (χ4n) is 5.08. The van der Waals surface area contributed by atoms with E-state index >= 15 is 0 Å². The first-order valence-corrected chi connectivity index (χ1v) is 12.1. The Bertz CT molecular complexity index is 1360. The number of carbonyl (C=O) groups is 2. The first-order valence-electron chi connectivity index (χ1n) is 12.1. The number of hydrogen-bond acceptors (Lipinski definition) is 7. The first-order chi connectivity index (χ1) is 18.1. The second-order valence-corrected chi connectivity index (χ2v) is 9.41. The van der Waals surface area contributed by atoms with Gasteiger partial charge in [-0.3, -0.25) is 14.7 Å². The smallest absolute Gasteiger partial charge is 0.407 e. The number of aliphatic imine (C=N–C) groups is 1. The van der Waals surface area contributed by atoms with Crippen LogP contribution in [0.4, 0.5) is 35.4 Å². The number of hydrogen-bond donors (Lipinski definition) is 3. The maximum Gasteiger partial charge on any atom is 0.407 e. The number of nitrogens with one attached hydrogen (secondary N) is 2. The maximum atomic E-state index is 13.4. The van der Waals surface area contributed by atoms with Gasteiger partial charge >= 0.3 is 12.3 Å². The number of amides is 2. The van der Waals surface area contributed by atoms with Crippen molar-refractivity contribution in [3.05, 3.63) is 41.1 Å². The van der Waals surface area contributed by atoms with E-state index in [1.54, 1.807) is 31.4 Å². The molecule has 2 unspecified atom stereocenters. The molecule has 10 nitrogen and oxygen atoms in total. The Morgan fingerprint density at radius 3 is 2.71 bits per heavy atom. The van der Waals surface area contributed by atoms with Crippen LogP contribution in [0.25, 0.3) is 11.6 Å². The number of piperidine rings is 1. The molecule has 0 spiro atoms. The molecule has 13 heteroatoms. The summed E-state index contributed by atoms with van der Waals surface area (Å²) in [6.07, 6.45) is -3.29. The van der Waals surface area contributed by atoms with Crippen molar-refractivity contribution in [2.45, 2.75) is 32.0 Å². The molecule has 5 rings (SSSR count). The first kappa shape index (κ1) is 25.5. The second kappa shape index (κ2) is 9.62. The molecule has 2 aromatic rings. The van der Waals surface area contributed by atoms with E-state index in [0.29, 0.717) is 24.7 Å².